The molecule has 8 heteroatoms. The fourth-order valence-electron chi connectivity index (χ4n) is 3.02. The molecule has 140 valence electrons. The molecule has 3 aromatic rings. The summed E-state index contributed by atoms with van der Waals surface area (Å²) in [6.45, 7) is 2.32. The van der Waals surface area contributed by atoms with Crippen LogP contribution in [0.25, 0.3) is 11.1 Å². The smallest absolute Gasteiger partial charge is 0.251 e. The molecule has 0 radical (unpaired) electrons. The zero-order valence-corrected chi connectivity index (χ0v) is 15.5. The Hall–Kier alpha value is -2.87. The topological polar surface area (TPSA) is 98.5 Å². The molecular formula is C19H18N2O5S. The molecule has 2 heterocycles. The fourth-order valence-corrected chi connectivity index (χ4v) is 3.92. The van der Waals surface area contributed by atoms with Crippen LogP contribution in [0.5, 0.6) is 5.75 Å². The highest BCUT2D eigenvalue weighted by atomic mass is 32.2. The molecule has 0 fully saturated rings. The van der Waals surface area contributed by atoms with E-state index in [0.29, 0.717) is 34.8 Å². The Bertz CT molecular complexity index is 1130. The van der Waals surface area contributed by atoms with E-state index in [0.717, 1.165) is 12.0 Å². The van der Waals surface area contributed by atoms with Crippen molar-refractivity contribution in [1.29, 1.82) is 0 Å². The van der Waals surface area contributed by atoms with Gasteiger partial charge in [-0.15, -0.1) is 0 Å². The van der Waals surface area contributed by atoms with Crippen LogP contribution in [0.15, 0.2) is 45.7 Å². The zero-order valence-electron chi connectivity index (χ0n) is 14.7. The van der Waals surface area contributed by atoms with Crippen molar-refractivity contribution >= 4 is 26.8 Å². The third kappa shape index (κ3) is 3.40. The predicted molar refractivity (Wildman–Crippen MR) is 98.5 cm³/mol. The molecule has 4 rings (SSSR count). The Labute approximate surface area is 156 Å². The summed E-state index contributed by atoms with van der Waals surface area (Å²) < 4.78 is 35.3. The van der Waals surface area contributed by atoms with Crippen molar-refractivity contribution in [2.75, 3.05) is 12.3 Å². The third-order valence-electron chi connectivity index (χ3n) is 4.51. The standard InChI is InChI=1S/C19H18N2O5S/c1-2-27(23,24)14-4-6-17-16(10-14)21-18(26-17)11-25-13-3-5-15-12(9-13)7-8-20-19(15)22/h3-6,9-10H,2,7-8,11H2,1H3,(H,20,22). The molecule has 0 unspecified atom stereocenters. The first-order valence-electron chi connectivity index (χ1n) is 8.62. The molecule has 1 N–H and O–H groups in total. The van der Waals surface area contributed by atoms with Crippen LogP contribution in [0, 0.1) is 0 Å². The zero-order chi connectivity index (χ0) is 19.0. The molecule has 2 aromatic carbocycles. The van der Waals surface area contributed by atoms with E-state index < -0.39 is 9.84 Å². The molecule has 7 nitrogen and oxygen atoms in total. The highest BCUT2D eigenvalue weighted by molar-refractivity contribution is 7.91. The van der Waals surface area contributed by atoms with Crippen molar-refractivity contribution in [2.24, 2.45) is 0 Å². The Morgan fingerprint density at radius 1 is 1.22 bits per heavy atom. The summed E-state index contributed by atoms with van der Waals surface area (Å²) in [5, 5.41) is 2.80. The summed E-state index contributed by atoms with van der Waals surface area (Å²) in [5.41, 5.74) is 2.60. The highest BCUT2D eigenvalue weighted by Gasteiger charge is 2.18. The first-order chi connectivity index (χ1) is 13.0. The average molecular weight is 386 g/mol. The van der Waals surface area contributed by atoms with Gasteiger partial charge >= 0.3 is 0 Å². The minimum Gasteiger partial charge on any atom is -0.484 e. The molecule has 0 saturated carbocycles. The van der Waals surface area contributed by atoms with Gasteiger partial charge in [0.2, 0.25) is 5.89 Å². The van der Waals surface area contributed by atoms with E-state index in [1.54, 1.807) is 25.1 Å². The van der Waals surface area contributed by atoms with Gasteiger partial charge in [-0.2, -0.15) is 0 Å². The van der Waals surface area contributed by atoms with Crippen LogP contribution in [0.3, 0.4) is 0 Å². The molecule has 0 atom stereocenters. The van der Waals surface area contributed by atoms with Gasteiger partial charge in [0.05, 0.1) is 10.6 Å². The molecule has 0 aliphatic carbocycles. The summed E-state index contributed by atoms with van der Waals surface area (Å²) >= 11 is 0. The van der Waals surface area contributed by atoms with Crippen molar-refractivity contribution in [2.45, 2.75) is 24.8 Å². The number of carbonyl (C=O) groups excluding carboxylic acids is 1. The summed E-state index contributed by atoms with van der Waals surface area (Å²) in [4.78, 5) is 16.3. The maximum atomic E-state index is 12.0. The number of aromatic nitrogens is 1. The van der Waals surface area contributed by atoms with Crippen LogP contribution in [0.1, 0.15) is 28.7 Å². The Balaban J connectivity index is 1.53. The van der Waals surface area contributed by atoms with E-state index in [4.69, 9.17) is 9.15 Å². The quantitative estimate of drug-likeness (QED) is 0.723. The highest BCUT2D eigenvalue weighted by Crippen LogP contribution is 2.24. The molecule has 1 amide bonds. The second kappa shape index (κ2) is 6.70. The van der Waals surface area contributed by atoms with Gasteiger partial charge in [-0.05, 0) is 48.4 Å². The van der Waals surface area contributed by atoms with Gasteiger partial charge in [-0.25, -0.2) is 13.4 Å². The third-order valence-corrected chi connectivity index (χ3v) is 6.24. The lowest BCUT2D eigenvalue weighted by Gasteiger charge is -2.17. The van der Waals surface area contributed by atoms with Crippen molar-refractivity contribution < 1.29 is 22.4 Å². The first-order valence-corrected chi connectivity index (χ1v) is 10.3. The fraction of sp³-hybridized carbons (Fsp3) is 0.263. The van der Waals surface area contributed by atoms with Gasteiger partial charge in [0.15, 0.2) is 22.0 Å². The summed E-state index contributed by atoms with van der Waals surface area (Å²) in [6, 6.07) is 9.96. The van der Waals surface area contributed by atoms with Crippen molar-refractivity contribution in [3.8, 4) is 5.75 Å². The average Bonchev–Trinajstić information content (AvgIpc) is 3.08. The Kier molecular flexibility index (Phi) is 4.35. The second-order valence-electron chi connectivity index (χ2n) is 6.25. The Morgan fingerprint density at radius 3 is 2.89 bits per heavy atom. The van der Waals surface area contributed by atoms with Crippen molar-refractivity contribution in [3.05, 3.63) is 53.4 Å². The molecule has 1 aliphatic heterocycles. The lowest BCUT2D eigenvalue weighted by atomic mass is 10.0. The summed E-state index contributed by atoms with van der Waals surface area (Å²) in [7, 11) is -3.29. The number of nitrogens with one attached hydrogen (secondary N) is 1. The lowest BCUT2D eigenvalue weighted by molar-refractivity contribution is 0.0946. The van der Waals surface area contributed by atoms with Crippen LogP contribution in [0.4, 0.5) is 0 Å². The van der Waals surface area contributed by atoms with Gasteiger partial charge in [0.1, 0.15) is 11.3 Å². The lowest BCUT2D eigenvalue weighted by Crippen LogP contribution is -2.31. The van der Waals surface area contributed by atoms with Crippen LogP contribution >= 0.6 is 0 Å². The SMILES string of the molecule is CCS(=O)(=O)c1ccc2oc(COc3ccc4c(c3)CCNC4=O)nc2c1. The predicted octanol–water partition coefficient (Wildman–Crippen LogP) is 2.49. The van der Waals surface area contributed by atoms with Gasteiger partial charge in [0.25, 0.3) is 5.91 Å². The number of hydrogen-bond acceptors (Lipinski definition) is 6. The van der Waals surface area contributed by atoms with Gasteiger partial charge in [-0.3, -0.25) is 4.79 Å². The molecule has 1 aromatic heterocycles. The second-order valence-corrected chi connectivity index (χ2v) is 8.53. The monoisotopic (exact) mass is 386 g/mol. The maximum absolute atomic E-state index is 12.0. The maximum Gasteiger partial charge on any atom is 0.251 e. The number of ether oxygens (including phenoxy) is 1. The molecule has 1 aliphatic rings. The number of benzene rings is 2. The number of oxazole rings is 1. The van der Waals surface area contributed by atoms with E-state index >= 15 is 0 Å². The van der Waals surface area contributed by atoms with E-state index in [2.05, 4.69) is 10.3 Å². The van der Waals surface area contributed by atoms with Crippen molar-refractivity contribution in [3.63, 3.8) is 0 Å². The number of rotatable bonds is 5. The molecule has 27 heavy (non-hydrogen) atoms. The van der Waals surface area contributed by atoms with Gasteiger partial charge in [-0.1, -0.05) is 6.92 Å². The van der Waals surface area contributed by atoms with E-state index in [-0.39, 0.29) is 23.2 Å². The number of sulfone groups is 1. The number of amides is 1. The molecular weight excluding hydrogens is 368 g/mol. The largest absolute Gasteiger partial charge is 0.484 e. The van der Waals surface area contributed by atoms with Crippen LogP contribution in [0.2, 0.25) is 0 Å². The number of carbonyl (C=O) groups is 1. The number of nitrogens with zero attached hydrogens (tertiary/aromatic N) is 1. The van der Waals surface area contributed by atoms with E-state index in [1.165, 1.54) is 12.1 Å². The molecule has 0 bridgehead atoms. The van der Waals surface area contributed by atoms with E-state index in [1.807, 2.05) is 6.07 Å². The number of hydrogen-bond donors (Lipinski definition) is 1. The van der Waals surface area contributed by atoms with Gasteiger partial charge < -0.3 is 14.5 Å². The molecule has 0 spiro atoms. The molecule has 0 saturated heterocycles. The minimum absolute atomic E-state index is 0.0304. The number of fused-ring (bicyclic) bond motifs is 2. The minimum atomic E-state index is -3.29. The van der Waals surface area contributed by atoms with Crippen LogP contribution in [-0.4, -0.2) is 31.6 Å². The van der Waals surface area contributed by atoms with Crippen LogP contribution < -0.4 is 10.1 Å². The van der Waals surface area contributed by atoms with Crippen LogP contribution in [-0.2, 0) is 22.9 Å². The Morgan fingerprint density at radius 2 is 2.07 bits per heavy atom. The first kappa shape index (κ1) is 17.5. The van der Waals surface area contributed by atoms with Crippen molar-refractivity contribution in [1.82, 2.24) is 10.3 Å². The van der Waals surface area contributed by atoms with E-state index in [9.17, 15) is 13.2 Å². The summed E-state index contributed by atoms with van der Waals surface area (Å²) in [6.07, 6.45) is 0.760. The summed E-state index contributed by atoms with van der Waals surface area (Å²) in [5.74, 6) is 0.939. The van der Waals surface area contributed by atoms with Gasteiger partial charge in [0, 0.05) is 12.1 Å². The normalized spacial score (nSPS) is 14.0.